The van der Waals surface area contributed by atoms with E-state index in [0.29, 0.717) is 0 Å². The lowest BCUT2D eigenvalue weighted by Crippen LogP contribution is -1.93. The zero-order valence-corrected chi connectivity index (χ0v) is 7.82. The summed E-state index contributed by atoms with van der Waals surface area (Å²) in [6.45, 7) is 7.34. The molecule has 64 valence electrons. The van der Waals surface area contributed by atoms with Gasteiger partial charge in [0.15, 0.2) is 0 Å². The van der Waals surface area contributed by atoms with E-state index in [-0.39, 0.29) is 0 Å². The van der Waals surface area contributed by atoms with Crippen LogP contribution in [0.2, 0.25) is 0 Å². The van der Waals surface area contributed by atoms with E-state index >= 15 is 0 Å². The Kier molecular flexibility index (Phi) is 20.2. The third-order valence-corrected chi connectivity index (χ3v) is 1.25. The Morgan fingerprint density at radius 2 is 1.10 bits per heavy atom. The molecular formula is C9H23N. The highest BCUT2D eigenvalue weighted by molar-refractivity contribution is 4.31. The van der Waals surface area contributed by atoms with Crippen LogP contribution in [-0.2, 0) is 0 Å². The molecule has 0 saturated carbocycles. The van der Waals surface area contributed by atoms with E-state index in [4.69, 9.17) is 5.73 Å². The number of hydrogen-bond acceptors (Lipinski definition) is 1. The maximum atomic E-state index is 5.03. The van der Waals surface area contributed by atoms with E-state index in [0.717, 1.165) is 13.0 Å². The quantitative estimate of drug-likeness (QED) is 0.605. The Hall–Kier alpha value is -0.0400. The summed E-state index contributed by atoms with van der Waals surface area (Å²) in [5.41, 5.74) is 5.03. The van der Waals surface area contributed by atoms with Gasteiger partial charge in [0.1, 0.15) is 0 Å². The molecule has 0 radical (unpaired) electrons. The van der Waals surface area contributed by atoms with Gasteiger partial charge in [0.05, 0.1) is 0 Å². The molecular weight excluding hydrogens is 122 g/mol. The maximum absolute atomic E-state index is 5.03. The molecule has 0 aromatic carbocycles. The van der Waals surface area contributed by atoms with Gasteiger partial charge in [-0.3, -0.25) is 0 Å². The molecule has 0 atom stereocenters. The first-order chi connectivity index (χ1) is 4.83. The van der Waals surface area contributed by atoms with Crippen molar-refractivity contribution < 1.29 is 0 Å². The molecule has 1 heteroatoms. The number of unbranched alkanes of at least 4 members (excludes halogenated alkanes) is 3. The number of hydrogen-bond donors (Lipinski definition) is 1. The third-order valence-electron chi connectivity index (χ3n) is 1.25. The summed E-state index contributed by atoms with van der Waals surface area (Å²) < 4.78 is 0. The second-order valence-corrected chi connectivity index (χ2v) is 2.50. The van der Waals surface area contributed by atoms with Gasteiger partial charge in [-0.05, 0) is 13.0 Å². The molecule has 0 rings (SSSR count). The maximum Gasteiger partial charge on any atom is -0.00799 e. The molecule has 0 saturated heterocycles. The minimum atomic E-state index is 0.819. The van der Waals surface area contributed by atoms with Crippen LogP contribution in [0, 0.1) is 0 Å². The molecule has 0 spiro atoms. The van der Waals surface area contributed by atoms with Gasteiger partial charge in [-0.25, -0.2) is 0 Å². The lowest BCUT2D eigenvalue weighted by atomic mass is 10.2. The second-order valence-electron chi connectivity index (χ2n) is 2.50. The zero-order valence-electron chi connectivity index (χ0n) is 7.82. The summed E-state index contributed by atoms with van der Waals surface area (Å²) >= 11 is 0. The Morgan fingerprint density at radius 3 is 1.20 bits per heavy atom. The lowest BCUT2D eigenvalue weighted by molar-refractivity contribution is 0.702. The predicted octanol–water partition coefficient (Wildman–Crippen LogP) is 2.94. The van der Waals surface area contributed by atoms with Crippen molar-refractivity contribution in [1.82, 2.24) is 0 Å². The van der Waals surface area contributed by atoms with Gasteiger partial charge < -0.3 is 5.73 Å². The molecule has 0 aliphatic heterocycles. The standard InChI is InChI=1S/C6H14.C3H9N/c1-3-5-6-4-2;1-2-3-4/h3-6H2,1-2H3;2-4H2,1H3. The average molecular weight is 145 g/mol. The van der Waals surface area contributed by atoms with Gasteiger partial charge in [0, 0.05) is 0 Å². The molecule has 0 amide bonds. The van der Waals surface area contributed by atoms with Crippen molar-refractivity contribution in [2.45, 2.75) is 52.9 Å². The fraction of sp³-hybridized carbons (Fsp3) is 1.00. The Bertz CT molecular complexity index is 29.7. The van der Waals surface area contributed by atoms with Crippen LogP contribution in [-0.4, -0.2) is 6.54 Å². The van der Waals surface area contributed by atoms with Crippen molar-refractivity contribution >= 4 is 0 Å². The van der Waals surface area contributed by atoms with Gasteiger partial charge in [0.25, 0.3) is 0 Å². The largest absolute Gasteiger partial charge is 0.330 e. The molecule has 0 unspecified atom stereocenters. The highest BCUT2D eigenvalue weighted by Crippen LogP contribution is 1.95. The van der Waals surface area contributed by atoms with Gasteiger partial charge in [-0.1, -0.05) is 46.5 Å². The number of rotatable bonds is 4. The molecule has 0 aromatic heterocycles. The minimum Gasteiger partial charge on any atom is -0.330 e. The smallest absolute Gasteiger partial charge is 0.00799 e. The van der Waals surface area contributed by atoms with Crippen LogP contribution >= 0.6 is 0 Å². The zero-order chi connectivity index (χ0) is 8.24. The van der Waals surface area contributed by atoms with Gasteiger partial charge in [-0.15, -0.1) is 0 Å². The Labute approximate surface area is 66.0 Å². The molecule has 0 aromatic rings. The van der Waals surface area contributed by atoms with Crippen molar-refractivity contribution in [3.05, 3.63) is 0 Å². The monoisotopic (exact) mass is 145 g/mol. The highest BCUT2D eigenvalue weighted by Gasteiger charge is 1.75. The molecule has 2 N–H and O–H groups in total. The predicted molar refractivity (Wildman–Crippen MR) is 49.2 cm³/mol. The molecule has 0 aliphatic carbocycles. The fourth-order valence-corrected chi connectivity index (χ4v) is 0.500. The first-order valence-corrected chi connectivity index (χ1v) is 4.53. The van der Waals surface area contributed by atoms with Gasteiger partial charge in [0.2, 0.25) is 0 Å². The van der Waals surface area contributed by atoms with E-state index in [1.165, 1.54) is 25.7 Å². The van der Waals surface area contributed by atoms with Crippen molar-refractivity contribution in [3.63, 3.8) is 0 Å². The number of nitrogens with two attached hydrogens (primary N) is 1. The van der Waals surface area contributed by atoms with Crippen molar-refractivity contribution in [2.75, 3.05) is 6.54 Å². The second kappa shape index (κ2) is 16.0. The van der Waals surface area contributed by atoms with Crippen LogP contribution < -0.4 is 5.73 Å². The van der Waals surface area contributed by atoms with Crippen molar-refractivity contribution in [3.8, 4) is 0 Å². The molecule has 0 bridgehead atoms. The summed E-state index contributed by atoms with van der Waals surface area (Å²) in [5, 5.41) is 0. The van der Waals surface area contributed by atoms with Crippen LogP contribution in [0.4, 0.5) is 0 Å². The van der Waals surface area contributed by atoms with Crippen LogP contribution in [0.1, 0.15) is 52.9 Å². The molecule has 0 fully saturated rings. The first kappa shape index (κ1) is 12.6. The molecule has 10 heavy (non-hydrogen) atoms. The van der Waals surface area contributed by atoms with Crippen molar-refractivity contribution in [1.29, 1.82) is 0 Å². The van der Waals surface area contributed by atoms with E-state index in [9.17, 15) is 0 Å². The van der Waals surface area contributed by atoms with E-state index < -0.39 is 0 Å². The fourth-order valence-electron chi connectivity index (χ4n) is 0.500. The summed E-state index contributed by atoms with van der Waals surface area (Å²) in [6.07, 6.45) is 6.63. The molecule has 1 nitrogen and oxygen atoms in total. The SMILES string of the molecule is CCCCCC.CCCN. The minimum absolute atomic E-state index is 0.819. The third kappa shape index (κ3) is 24.6. The van der Waals surface area contributed by atoms with E-state index in [2.05, 4.69) is 20.8 Å². The summed E-state index contributed by atoms with van der Waals surface area (Å²) in [7, 11) is 0. The van der Waals surface area contributed by atoms with Crippen molar-refractivity contribution in [2.24, 2.45) is 5.73 Å². The normalized spacial score (nSPS) is 8.40. The highest BCUT2D eigenvalue weighted by atomic mass is 14.5. The summed E-state index contributed by atoms with van der Waals surface area (Å²) in [5.74, 6) is 0. The van der Waals surface area contributed by atoms with Crippen LogP contribution in [0.5, 0.6) is 0 Å². The van der Waals surface area contributed by atoms with Gasteiger partial charge in [-0.2, -0.15) is 0 Å². The lowest BCUT2D eigenvalue weighted by Gasteiger charge is -1.86. The Morgan fingerprint density at radius 1 is 0.800 bits per heavy atom. The van der Waals surface area contributed by atoms with Crippen LogP contribution in [0.15, 0.2) is 0 Å². The summed E-state index contributed by atoms with van der Waals surface area (Å²) in [6, 6.07) is 0. The van der Waals surface area contributed by atoms with Gasteiger partial charge >= 0.3 is 0 Å². The Balaban J connectivity index is 0. The average Bonchev–Trinajstić information content (AvgIpc) is 2.01. The molecule has 0 heterocycles. The van der Waals surface area contributed by atoms with E-state index in [1.54, 1.807) is 0 Å². The summed E-state index contributed by atoms with van der Waals surface area (Å²) in [4.78, 5) is 0. The van der Waals surface area contributed by atoms with Crippen LogP contribution in [0.25, 0.3) is 0 Å². The molecule has 0 aliphatic rings. The van der Waals surface area contributed by atoms with E-state index in [1.807, 2.05) is 0 Å². The van der Waals surface area contributed by atoms with Crippen LogP contribution in [0.3, 0.4) is 0 Å². The topological polar surface area (TPSA) is 26.0 Å². The first-order valence-electron chi connectivity index (χ1n) is 4.53.